The van der Waals surface area contributed by atoms with Crippen molar-refractivity contribution in [3.63, 3.8) is 0 Å². The van der Waals surface area contributed by atoms with Gasteiger partial charge in [-0.2, -0.15) is 0 Å². The summed E-state index contributed by atoms with van der Waals surface area (Å²) in [5.41, 5.74) is -0.430. The van der Waals surface area contributed by atoms with Crippen molar-refractivity contribution in [1.82, 2.24) is 10.6 Å². The Bertz CT molecular complexity index is 257. The van der Waals surface area contributed by atoms with Gasteiger partial charge in [0.2, 0.25) is 5.91 Å². The summed E-state index contributed by atoms with van der Waals surface area (Å²) in [6.07, 6.45) is 6.74. The number of carbonyl (C=O) groups is 1. The summed E-state index contributed by atoms with van der Waals surface area (Å²) in [6, 6.07) is 0.344. The quantitative estimate of drug-likeness (QED) is 0.654. The highest BCUT2D eigenvalue weighted by atomic mass is 16.3. The molecule has 1 aliphatic rings. The molecule has 0 bridgehead atoms. The molecule has 1 amide bonds. The van der Waals surface area contributed by atoms with Crippen LogP contribution in [0.2, 0.25) is 0 Å². The molecule has 0 heterocycles. The Morgan fingerprint density at radius 1 is 1.28 bits per heavy atom. The largest absolute Gasteiger partial charge is 0.392 e. The van der Waals surface area contributed by atoms with E-state index in [1.165, 1.54) is 25.7 Å². The smallest absolute Gasteiger partial charge is 0.234 e. The standard InChI is InChI=1S/C14H28N2O2/c1-11(17)14(2,3)15-10-13(18)16-12-8-6-4-5-7-9-12/h11-12,15,17H,4-10H2,1-3H3,(H,16,18). The van der Waals surface area contributed by atoms with Gasteiger partial charge in [-0.1, -0.05) is 25.7 Å². The van der Waals surface area contributed by atoms with E-state index in [1.807, 2.05) is 13.8 Å². The van der Waals surface area contributed by atoms with E-state index in [1.54, 1.807) is 6.92 Å². The second-order valence-electron chi connectivity index (χ2n) is 6.01. The maximum absolute atomic E-state index is 11.8. The number of carbonyl (C=O) groups excluding carboxylic acids is 1. The van der Waals surface area contributed by atoms with Crippen molar-refractivity contribution < 1.29 is 9.90 Å². The topological polar surface area (TPSA) is 61.4 Å². The summed E-state index contributed by atoms with van der Waals surface area (Å²) in [6.45, 7) is 5.80. The third kappa shape index (κ3) is 5.36. The van der Waals surface area contributed by atoms with Crippen molar-refractivity contribution in [2.75, 3.05) is 6.54 Å². The first-order valence-corrected chi connectivity index (χ1v) is 7.14. The lowest BCUT2D eigenvalue weighted by Gasteiger charge is -2.29. The van der Waals surface area contributed by atoms with E-state index in [0.717, 1.165) is 12.8 Å². The van der Waals surface area contributed by atoms with Gasteiger partial charge < -0.3 is 15.7 Å². The molecule has 3 N–H and O–H groups in total. The molecule has 0 aromatic heterocycles. The first-order chi connectivity index (χ1) is 8.42. The molecular formula is C14H28N2O2. The van der Waals surface area contributed by atoms with E-state index in [0.29, 0.717) is 6.04 Å². The number of hydrogen-bond acceptors (Lipinski definition) is 3. The average molecular weight is 256 g/mol. The highest BCUT2D eigenvalue weighted by Gasteiger charge is 2.24. The van der Waals surface area contributed by atoms with Crippen molar-refractivity contribution in [2.45, 2.75) is 77.0 Å². The monoisotopic (exact) mass is 256 g/mol. The highest BCUT2D eigenvalue weighted by Crippen LogP contribution is 2.17. The van der Waals surface area contributed by atoms with Gasteiger partial charge >= 0.3 is 0 Å². The molecule has 1 fully saturated rings. The molecule has 4 heteroatoms. The fourth-order valence-corrected chi connectivity index (χ4v) is 2.16. The minimum absolute atomic E-state index is 0.0376. The van der Waals surface area contributed by atoms with Crippen LogP contribution in [-0.2, 0) is 4.79 Å². The van der Waals surface area contributed by atoms with Crippen LogP contribution in [0.25, 0.3) is 0 Å². The van der Waals surface area contributed by atoms with Crippen LogP contribution in [0.3, 0.4) is 0 Å². The Morgan fingerprint density at radius 3 is 2.33 bits per heavy atom. The van der Waals surface area contributed by atoms with Crippen LogP contribution in [0, 0.1) is 0 Å². The van der Waals surface area contributed by atoms with Crippen molar-refractivity contribution in [3.05, 3.63) is 0 Å². The molecule has 18 heavy (non-hydrogen) atoms. The summed E-state index contributed by atoms with van der Waals surface area (Å²) in [4.78, 5) is 11.8. The van der Waals surface area contributed by atoms with Crippen molar-refractivity contribution in [3.8, 4) is 0 Å². The summed E-state index contributed by atoms with van der Waals surface area (Å²) < 4.78 is 0. The fraction of sp³-hybridized carbons (Fsp3) is 0.929. The normalized spacial score (nSPS) is 20.2. The van der Waals surface area contributed by atoms with Crippen LogP contribution in [-0.4, -0.2) is 35.2 Å². The van der Waals surface area contributed by atoms with Crippen LogP contribution >= 0.6 is 0 Å². The lowest BCUT2D eigenvalue weighted by molar-refractivity contribution is -0.121. The third-order valence-electron chi connectivity index (χ3n) is 3.97. The zero-order valence-corrected chi connectivity index (χ0v) is 12.0. The SMILES string of the molecule is CC(O)C(C)(C)NCC(=O)NC1CCCCCC1. The lowest BCUT2D eigenvalue weighted by Crippen LogP contribution is -2.52. The van der Waals surface area contributed by atoms with Crippen LogP contribution in [0.5, 0.6) is 0 Å². The average Bonchev–Trinajstić information content (AvgIpc) is 2.55. The lowest BCUT2D eigenvalue weighted by atomic mass is 9.99. The number of nitrogens with one attached hydrogen (secondary N) is 2. The van der Waals surface area contributed by atoms with E-state index in [2.05, 4.69) is 10.6 Å². The summed E-state index contributed by atoms with van der Waals surface area (Å²) in [5, 5.41) is 15.7. The minimum Gasteiger partial charge on any atom is -0.392 e. The first kappa shape index (κ1) is 15.4. The molecule has 0 spiro atoms. The number of rotatable bonds is 5. The van der Waals surface area contributed by atoms with Gasteiger partial charge in [-0.25, -0.2) is 0 Å². The predicted molar refractivity (Wildman–Crippen MR) is 73.4 cm³/mol. The molecule has 0 saturated heterocycles. The van der Waals surface area contributed by atoms with Crippen molar-refractivity contribution >= 4 is 5.91 Å². The molecule has 4 nitrogen and oxygen atoms in total. The molecule has 1 rings (SSSR count). The molecule has 106 valence electrons. The van der Waals surface area contributed by atoms with Gasteiger partial charge in [0.25, 0.3) is 0 Å². The van der Waals surface area contributed by atoms with Gasteiger partial charge in [-0.05, 0) is 33.6 Å². The van der Waals surface area contributed by atoms with E-state index in [9.17, 15) is 9.90 Å². The van der Waals surface area contributed by atoms with E-state index < -0.39 is 11.6 Å². The minimum atomic E-state index is -0.483. The van der Waals surface area contributed by atoms with Crippen LogP contribution < -0.4 is 10.6 Å². The van der Waals surface area contributed by atoms with Crippen molar-refractivity contribution in [2.24, 2.45) is 0 Å². The van der Waals surface area contributed by atoms with Crippen LogP contribution in [0.15, 0.2) is 0 Å². The maximum atomic E-state index is 11.8. The Balaban J connectivity index is 2.28. The fourth-order valence-electron chi connectivity index (χ4n) is 2.16. The molecule has 0 radical (unpaired) electrons. The second kappa shape index (κ2) is 7.10. The first-order valence-electron chi connectivity index (χ1n) is 7.14. The summed E-state index contributed by atoms with van der Waals surface area (Å²) >= 11 is 0. The van der Waals surface area contributed by atoms with E-state index in [-0.39, 0.29) is 12.5 Å². The van der Waals surface area contributed by atoms with Crippen molar-refractivity contribution in [1.29, 1.82) is 0 Å². The number of aliphatic hydroxyl groups excluding tert-OH is 1. The second-order valence-corrected chi connectivity index (χ2v) is 6.01. The van der Waals surface area contributed by atoms with E-state index in [4.69, 9.17) is 0 Å². The van der Waals surface area contributed by atoms with Crippen LogP contribution in [0.4, 0.5) is 0 Å². The molecular weight excluding hydrogens is 228 g/mol. The summed E-state index contributed by atoms with van der Waals surface area (Å²) in [7, 11) is 0. The van der Waals surface area contributed by atoms with Gasteiger partial charge in [0.1, 0.15) is 0 Å². The predicted octanol–water partition coefficient (Wildman–Crippen LogP) is 1.57. The molecule has 0 aromatic rings. The van der Waals surface area contributed by atoms with Gasteiger partial charge in [-0.15, -0.1) is 0 Å². The Kier molecular flexibility index (Phi) is 6.09. The van der Waals surface area contributed by atoms with E-state index >= 15 is 0 Å². The third-order valence-corrected chi connectivity index (χ3v) is 3.97. The molecule has 1 atom stereocenters. The summed E-state index contributed by atoms with van der Waals surface area (Å²) in [5.74, 6) is 0.0376. The van der Waals surface area contributed by atoms with Gasteiger partial charge in [-0.3, -0.25) is 4.79 Å². The number of hydrogen-bond donors (Lipinski definition) is 3. The zero-order chi connectivity index (χ0) is 13.6. The molecule has 0 aliphatic heterocycles. The molecule has 1 unspecified atom stereocenters. The highest BCUT2D eigenvalue weighted by molar-refractivity contribution is 5.78. The van der Waals surface area contributed by atoms with Gasteiger partial charge in [0, 0.05) is 11.6 Å². The Morgan fingerprint density at radius 2 is 1.83 bits per heavy atom. The van der Waals surface area contributed by atoms with Crippen LogP contribution in [0.1, 0.15) is 59.3 Å². The zero-order valence-electron chi connectivity index (χ0n) is 12.0. The van der Waals surface area contributed by atoms with Gasteiger partial charge in [0.05, 0.1) is 12.6 Å². The Labute approximate surface area is 111 Å². The maximum Gasteiger partial charge on any atom is 0.234 e. The number of aliphatic hydroxyl groups is 1. The molecule has 0 aromatic carbocycles. The molecule has 1 saturated carbocycles. The molecule has 1 aliphatic carbocycles. The number of amides is 1. The Hall–Kier alpha value is -0.610. The van der Waals surface area contributed by atoms with Gasteiger partial charge in [0.15, 0.2) is 0 Å².